The molecule has 20 heteroatoms. The molecule has 0 spiro atoms. The SMILES string of the molecule is [2H]c1ccc(-n2c3[c-]c(-c4[c-]c(P(C)c5ccccn5)ccc4)ccc3c3ccccc32)nc1.[2H]c1cccc(-n2c3[c-]c(-c4[c-]c(P(C)c5ccccn5)ccc4)ccc3c3ccccc32)n1.[2H]c1cccnc1-n1c2[c-]c(-c3[c-]c(P(C)c4ccccn4)ccc3)ccc2c2ccccc21.[2H]c1ccnc(-n2c3[c-]c(-c4[c-]c(P(C)c5ccccn5)ccc4)ccc3c3ccccc32)c1.[Pt+2].[Pt+2].[Pt+2].[Pt+2]. The maximum Gasteiger partial charge on any atom is 2.00 e. The van der Waals surface area contributed by atoms with Crippen molar-refractivity contribution in [3.05, 3.63) is 462 Å². The second-order valence-corrected chi connectivity index (χ2v) is 39.4. The minimum absolute atomic E-state index is 0. The fourth-order valence-electron chi connectivity index (χ4n) is 16.8. The topological polar surface area (TPSA) is 123 Å². The van der Waals surface area contributed by atoms with Crippen molar-refractivity contribution in [2.75, 3.05) is 26.7 Å². The predicted octanol–water partition coefficient (Wildman–Crippen LogP) is 23.6. The van der Waals surface area contributed by atoms with E-state index in [1.54, 1.807) is 55.0 Å². The Morgan fingerprint density at radius 3 is 0.809 bits per heavy atom. The Bertz CT molecular complexity index is 8320. The quantitative estimate of drug-likeness (QED) is 0.0692. The number of para-hydroxylation sites is 4. The Kier molecular flexibility index (Phi) is 28.9. The second-order valence-electron chi connectivity index (χ2n) is 31.2. The summed E-state index contributed by atoms with van der Waals surface area (Å²) in [4.78, 5) is 36.3. The largest absolute Gasteiger partial charge is 2.00 e. The van der Waals surface area contributed by atoms with Crippen molar-refractivity contribution < 1.29 is 89.7 Å². The summed E-state index contributed by atoms with van der Waals surface area (Å²) >= 11 is 0. The zero-order chi connectivity index (χ0) is 92.3. The van der Waals surface area contributed by atoms with Crippen molar-refractivity contribution in [3.63, 3.8) is 0 Å². The minimum Gasteiger partial charge on any atom is -0.314 e. The fourth-order valence-corrected chi connectivity index (χ4v) is 22.4. The molecule has 12 nitrogen and oxygen atoms in total. The molecule has 0 N–H and O–H groups in total. The Morgan fingerprint density at radius 2 is 0.485 bits per heavy atom. The van der Waals surface area contributed by atoms with E-state index in [-0.39, 0.29) is 90.4 Å². The maximum absolute atomic E-state index is 8.47. The van der Waals surface area contributed by atoms with E-state index >= 15 is 0 Å². The van der Waals surface area contributed by atoms with E-state index < -0.39 is 31.7 Å². The van der Waals surface area contributed by atoms with Crippen molar-refractivity contribution in [2.24, 2.45) is 0 Å². The Hall–Kier alpha value is -12.5. The Balaban J connectivity index is 0.000000128. The number of hydrogen-bond donors (Lipinski definition) is 0. The van der Waals surface area contributed by atoms with Gasteiger partial charge in [-0.2, -0.15) is 121 Å². The molecule has 4 atom stereocenters. The third-order valence-corrected chi connectivity index (χ3v) is 31.0. The first kappa shape index (κ1) is 90.0. The molecule has 12 heterocycles. The standard InChI is InChI=1S/4C29H20N3P.4Pt/c4*1-33(29-14-5-7-18-31-29)23-10-8-9-21(19-23)22-15-16-25-24-11-2-3-12-26(24)32(27(25)20-22)28-13-4-6-17-30-28;;;;/h4*2-18H,1H3;;;;/q4*-2;4*+2/i17D;13D;6D;4D;;;;. The summed E-state index contributed by atoms with van der Waals surface area (Å²) in [5, 5.41) is 13.6. The monoisotopic (exact) mass is 2550 g/mol. The van der Waals surface area contributed by atoms with Crippen molar-refractivity contribution in [2.45, 2.75) is 0 Å². The van der Waals surface area contributed by atoms with Gasteiger partial charge in [0.15, 0.2) is 0 Å². The van der Waals surface area contributed by atoms with Gasteiger partial charge in [0, 0.05) is 71.6 Å². The molecule has 0 fully saturated rings. The summed E-state index contributed by atoms with van der Waals surface area (Å²) in [6.45, 7) is 8.88. The molecule has 0 aliphatic rings. The van der Waals surface area contributed by atoms with Crippen molar-refractivity contribution in [1.29, 1.82) is 0 Å². The van der Waals surface area contributed by atoms with E-state index in [0.717, 1.165) is 192 Å². The van der Waals surface area contributed by atoms with E-state index in [4.69, 9.17) is 5.48 Å². The van der Waals surface area contributed by atoms with Crippen LogP contribution < -0.4 is 43.0 Å². The summed E-state index contributed by atoms with van der Waals surface area (Å²) in [5.74, 6) is 2.82. The van der Waals surface area contributed by atoms with Gasteiger partial charge in [-0.05, 0) is 223 Å². The summed E-state index contributed by atoms with van der Waals surface area (Å²) in [6, 6.07) is 146. The van der Waals surface area contributed by atoms with Crippen molar-refractivity contribution in [3.8, 4) is 67.8 Å². The van der Waals surface area contributed by atoms with Crippen LogP contribution in [0, 0.1) is 48.5 Å². The molecule has 4 unspecified atom stereocenters. The minimum atomic E-state index is -0.596. The first-order valence-electron chi connectivity index (χ1n) is 45.0. The van der Waals surface area contributed by atoms with Gasteiger partial charge in [0.25, 0.3) is 0 Å². The van der Waals surface area contributed by atoms with Gasteiger partial charge in [-0.3, -0.25) is 19.9 Å². The van der Waals surface area contributed by atoms with Gasteiger partial charge in [0.05, 0.1) is 27.2 Å². The molecule has 0 radical (unpaired) electrons. The molecule has 0 saturated heterocycles. The number of rotatable bonds is 16. The van der Waals surface area contributed by atoms with Crippen LogP contribution in [0.25, 0.3) is 155 Å². The summed E-state index contributed by atoms with van der Waals surface area (Å²) < 4.78 is 40.8. The molecule has 0 amide bonds. The molecule has 0 aliphatic heterocycles. The summed E-state index contributed by atoms with van der Waals surface area (Å²) in [7, 11) is -2.36. The third kappa shape index (κ3) is 19.7. The van der Waals surface area contributed by atoms with Crippen LogP contribution in [0.15, 0.2) is 413 Å². The van der Waals surface area contributed by atoms with Gasteiger partial charge in [-0.25, -0.2) is 64.4 Å². The zero-order valence-electron chi connectivity index (χ0n) is 77.4. The fraction of sp³-hybridized carbons (Fsp3) is 0.0345. The van der Waals surface area contributed by atoms with Crippen LogP contribution in [0.3, 0.4) is 0 Å². The molecular formula is C116H80N12P4Pt4. The summed E-state index contributed by atoms with van der Waals surface area (Å²) in [5.41, 5.74) is 20.2. The third-order valence-electron chi connectivity index (χ3n) is 23.3. The number of pyridine rings is 8. The number of hydrogen-bond acceptors (Lipinski definition) is 8. The van der Waals surface area contributed by atoms with Gasteiger partial charge in [-0.15, -0.1) is 69.7 Å². The van der Waals surface area contributed by atoms with E-state index in [1.807, 2.05) is 139 Å². The average molecular weight is 2550 g/mol. The van der Waals surface area contributed by atoms with Crippen LogP contribution in [0.1, 0.15) is 5.48 Å². The number of aromatic nitrogens is 12. The molecule has 12 aromatic heterocycles. The summed E-state index contributed by atoms with van der Waals surface area (Å²) in [6.07, 6.45) is 12.6. The average Bonchev–Trinajstić information content (AvgIpc) is 1.60. The van der Waals surface area contributed by atoms with Crippen LogP contribution in [-0.4, -0.2) is 84.8 Å². The molecule has 664 valence electrons. The van der Waals surface area contributed by atoms with Gasteiger partial charge in [0.1, 0.15) is 23.3 Å². The van der Waals surface area contributed by atoms with E-state index in [1.165, 1.54) is 0 Å². The van der Waals surface area contributed by atoms with Crippen LogP contribution in [0.5, 0.6) is 0 Å². The molecule has 0 saturated carbocycles. The van der Waals surface area contributed by atoms with Gasteiger partial charge in [-0.1, -0.05) is 143 Å². The van der Waals surface area contributed by atoms with Gasteiger partial charge < -0.3 is 18.3 Å². The molecule has 24 aromatic rings. The van der Waals surface area contributed by atoms with Crippen LogP contribution in [-0.2, 0) is 84.3 Å². The number of nitrogens with zero attached hydrogens (tertiary/aromatic N) is 12. The molecule has 0 bridgehead atoms. The molecule has 24 rings (SSSR count). The second kappa shape index (κ2) is 43.7. The smallest absolute Gasteiger partial charge is 0.314 e. The normalized spacial score (nSPS) is 12.3. The van der Waals surface area contributed by atoms with Crippen LogP contribution in [0.4, 0.5) is 0 Å². The van der Waals surface area contributed by atoms with Crippen molar-refractivity contribution >= 4 is 162 Å². The Morgan fingerprint density at radius 1 is 0.206 bits per heavy atom. The van der Waals surface area contributed by atoms with Crippen LogP contribution >= 0.6 is 31.7 Å². The zero-order valence-corrected chi connectivity index (χ0v) is 86.0. The van der Waals surface area contributed by atoms with Gasteiger partial charge in [0.2, 0.25) is 0 Å². The van der Waals surface area contributed by atoms with Crippen LogP contribution in [0.2, 0.25) is 0 Å². The molecular weight excluding hydrogens is 2470 g/mol. The van der Waals surface area contributed by atoms with E-state index in [9.17, 15) is 0 Å². The first-order chi connectivity index (χ1) is 66.8. The number of benzene rings is 12. The number of fused-ring (bicyclic) bond motifs is 12. The van der Waals surface area contributed by atoms with Crippen molar-refractivity contribution in [1.82, 2.24) is 58.1 Å². The predicted molar refractivity (Wildman–Crippen MR) is 552 cm³/mol. The molecule has 12 aromatic carbocycles. The Labute approximate surface area is 858 Å². The van der Waals surface area contributed by atoms with Gasteiger partial charge >= 0.3 is 84.3 Å². The molecule has 0 aliphatic carbocycles. The first-order valence-corrected chi connectivity index (χ1v) is 50.2. The molecule has 136 heavy (non-hydrogen) atoms. The maximum atomic E-state index is 8.47. The van der Waals surface area contributed by atoms with E-state index in [2.05, 4.69) is 329 Å². The van der Waals surface area contributed by atoms with E-state index in [0.29, 0.717) is 23.9 Å².